The number of nitrogens with two attached hydrogens (primary N) is 2. The molecule has 0 fully saturated rings. The van der Waals surface area contributed by atoms with Crippen LogP contribution in [-0.4, -0.2) is 19.0 Å². The number of carbonyl (C=O) groups is 1. The Balaban J connectivity index is 2.32. The predicted octanol–water partition coefficient (Wildman–Crippen LogP) is 1.96. The summed E-state index contributed by atoms with van der Waals surface area (Å²) < 4.78 is 18.1. The van der Waals surface area contributed by atoms with Gasteiger partial charge in [-0.25, -0.2) is 4.39 Å². The molecule has 0 heterocycles. The number of halogens is 1. The molecule has 2 rings (SSSR count). The summed E-state index contributed by atoms with van der Waals surface area (Å²) in [6.07, 6.45) is 0.363. The summed E-state index contributed by atoms with van der Waals surface area (Å²) in [5, 5.41) is 0. The molecule has 0 aliphatic heterocycles. The Morgan fingerprint density at radius 2 is 1.74 bits per heavy atom. The third kappa shape index (κ3) is 4.54. The van der Waals surface area contributed by atoms with Crippen molar-refractivity contribution >= 4 is 11.9 Å². The molecule has 0 aliphatic rings. The fourth-order valence-electron chi connectivity index (χ4n) is 2.25. The lowest BCUT2D eigenvalue weighted by Gasteiger charge is -2.15. The highest BCUT2D eigenvalue weighted by molar-refractivity contribution is 5.95. The van der Waals surface area contributed by atoms with Gasteiger partial charge >= 0.3 is 0 Å². The molecule has 0 radical (unpaired) electrons. The molecule has 5 nitrogen and oxygen atoms in total. The van der Waals surface area contributed by atoms with Gasteiger partial charge in [-0.3, -0.25) is 4.79 Å². The van der Waals surface area contributed by atoms with Crippen molar-refractivity contribution in [2.75, 3.05) is 7.11 Å². The zero-order valence-electron chi connectivity index (χ0n) is 12.7. The molecule has 0 aliphatic carbocycles. The van der Waals surface area contributed by atoms with Gasteiger partial charge in [0.05, 0.1) is 13.0 Å². The second-order valence-electron chi connectivity index (χ2n) is 5.03. The molecule has 1 amide bonds. The average Bonchev–Trinajstić information content (AvgIpc) is 2.54. The van der Waals surface area contributed by atoms with Crippen molar-refractivity contribution < 1.29 is 13.9 Å². The van der Waals surface area contributed by atoms with E-state index in [2.05, 4.69) is 4.99 Å². The Kier molecular flexibility index (Phi) is 5.30. The van der Waals surface area contributed by atoms with Gasteiger partial charge in [-0.05, 0) is 41.8 Å². The smallest absolute Gasteiger partial charge is 0.256 e. The van der Waals surface area contributed by atoms with Gasteiger partial charge in [0.2, 0.25) is 0 Å². The van der Waals surface area contributed by atoms with Gasteiger partial charge < -0.3 is 16.2 Å². The molecule has 1 atom stereocenters. The minimum Gasteiger partial charge on any atom is -0.497 e. The van der Waals surface area contributed by atoms with E-state index in [1.165, 1.54) is 12.1 Å². The number of guanidine groups is 1. The first-order valence-corrected chi connectivity index (χ1v) is 7.01. The van der Waals surface area contributed by atoms with Crippen molar-refractivity contribution in [2.45, 2.75) is 12.3 Å². The summed E-state index contributed by atoms with van der Waals surface area (Å²) in [4.78, 5) is 16.0. The standard InChI is InChI=1S/C17H18FN3O2/c1-23-14-8-4-12(5-9-14)15(16(22)21-17(19)20)10-11-2-6-13(18)7-3-11/h2-9,15H,10H2,1H3,(H4,19,20,21,22). The van der Waals surface area contributed by atoms with E-state index in [0.717, 1.165) is 11.1 Å². The minimum atomic E-state index is -0.562. The monoisotopic (exact) mass is 315 g/mol. The van der Waals surface area contributed by atoms with E-state index in [9.17, 15) is 9.18 Å². The van der Waals surface area contributed by atoms with Crippen LogP contribution in [0.5, 0.6) is 5.75 Å². The van der Waals surface area contributed by atoms with Crippen LogP contribution in [0.15, 0.2) is 53.5 Å². The topological polar surface area (TPSA) is 90.7 Å². The van der Waals surface area contributed by atoms with Crippen LogP contribution in [0.1, 0.15) is 17.0 Å². The summed E-state index contributed by atoms with van der Waals surface area (Å²) in [6, 6.07) is 13.1. The summed E-state index contributed by atoms with van der Waals surface area (Å²) in [6.45, 7) is 0. The second kappa shape index (κ2) is 7.40. The van der Waals surface area contributed by atoms with Crippen LogP contribution >= 0.6 is 0 Å². The average molecular weight is 315 g/mol. The van der Waals surface area contributed by atoms with E-state index in [1.54, 1.807) is 43.5 Å². The van der Waals surface area contributed by atoms with Crippen LogP contribution in [-0.2, 0) is 11.2 Å². The maximum absolute atomic E-state index is 13.0. The van der Waals surface area contributed by atoms with Crippen LogP contribution in [0.25, 0.3) is 0 Å². The number of carbonyl (C=O) groups excluding carboxylic acids is 1. The first-order valence-electron chi connectivity index (χ1n) is 7.01. The molecule has 2 aromatic rings. The van der Waals surface area contributed by atoms with Crippen molar-refractivity contribution in [3.05, 3.63) is 65.5 Å². The SMILES string of the molecule is COc1ccc(C(Cc2ccc(F)cc2)C(=O)N=C(N)N)cc1. The highest BCUT2D eigenvalue weighted by Gasteiger charge is 2.21. The fourth-order valence-corrected chi connectivity index (χ4v) is 2.25. The Labute approximate surface area is 133 Å². The van der Waals surface area contributed by atoms with Crippen LogP contribution in [0.2, 0.25) is 0 Å². The first-order chi connectivity index (χ1) is 11.0. The van der Waals surface area contributed by atoms with E-state index in [1.807, 2.05) is 0 Å². The van der Waals surface area contributed by atoms with E-state index in [4.69, 9.17) is 16.2 Å². The molecule has 0 spiro atoms. The van der Waals surface area contributed by atoms with Gasteiger partial charge in [0.15, 0.2) is 5.96 Å². The van der Waals surface area contributed by atoms with Crippen LogP contribution in [0, 0.1) is 5.82 Å². The zero-order valence-corrected chi connectivity index (χ0v) is 12.7. The molecule has 0 saturated carbocycles. The van der Waals surface area contributed by atoms with E-state index < -0.39 is 11.8 Å². The maximum Gasteiger partial charge on any atom is 0.256 e. The Morgan fingerprint density at radius 3 is 2.26 bits per heavy atom. The molecular formula is C17H18FN3O2. The Morgan fingerprint density at radius 1 is 1.13 bits per heavy atom. The number of benzene rings is 2. The third-order valence-corrected chi connectivity index (χ3v) is 3.41. The normalized spacial score (nSPS) is 11.6. The van der Waals surface area contributed by atoms with E-state index in [0.29, 0.717) is 12.2 Å². The maximum atomic E-state index is 13.0. The molecule has 0 saturated heterocycles. The molecule has 4 N–H and O–H groups in total. The summed E-state index contributed by atoms with van der Waals surface area (Å²) in [7, 11) is 1.57. The number of rotatable bonds is 5. The number of hydrogen-bond donors (Lipinski definition) is 2. The second-order valence-corrected chi connectivity index (χ2v) is 5.03. The first kappa shape index (κ1) is 16.5. The number of hydrogen-bond acceptors (Lipinski definition) is 2. The Bertz CT molecular complexity index is 693. The summed E-state index contributed by atoms with van der Waals surface area (Å²) in [5.74, 6) is -0.936. The fraction of sp³-hybridized carbons (Fsp3) is 0.176. The lowest BCUT2D eigenvalue weighted by Crippen LogP contribution is -2.26. The minimum absolute atomic E-state index is 0.285. The number of methoxy groups -OCH3 is 1. The summed E-state index contributed by atoms with van der Waals surface area (Å²) in [5.41, 5.74) is 12.2. The molecule has 6 heteroatoms. The molecular weight excluding hydrogens is 297 g/mol. The number of aliphatic imine (C=N–C) groups is 1. The quantitative estimate of drug-likeness (QED) is 0.652. The summed E-state index contributed by atoms with van der Waals surface area (Å²) >= 11 is 0. The number of nitrogens with zero attached hydrogens (tertiary/aromatic N) is 1. The van der Waals surface area contributed by atoms with Gasteiger partial charge in [-0.1, -0.05) is 24.3 Å². The van der Waals surface area contributed by atoms with E-state index >= 15 is 0 Å². The lowest BCUT2D eigenvalue weighted by molar-refractivity contribution is -0.119. The highest BCUT2D eigenvalue weighted by Crippen LogP contribution is 2.25. The van der Waals surface area contributed by atoms with Gasteiger partial charge in [-0.15, -0.1) is 0 Å². The van der Waals surface area contributed by atoms with Crippen LogP contribution in [0.4, 0.5) is 4.39 Å². The molecule has 0 bridgehead atoms. The van der Waals surface area contributed by atoms with Gasteiger partial charge in [0, 0.05) is 0 Å². The molecule has 0 aromatic heterocycles. The van der Waals surface area contributed by atoms with Crippen molar-refractivity contribution in [1.29, 1.82) is 0 Å². The number of ether oxygens (including phenoxy) is 1. The largest absolute Gasteiger partial charge is 0.497 e. The van der Waals surface area contributed by atoms with Crippen molar-refractivity contribution in [3.63, 3.8) is 0 Å². The van der Waals surface area contributed by atoms with Gasteiger partial charge in [0.1, 0.15) is 11.6 Å². The number of amides is 1. The van der Waals surface area contributed by atoms with Gasteiger partial charge in [0.25, 0.3) is 5.91 Å². The molecule has 120 valence electrons. The van der Waals surface area contributed by atoms with Crippen molar-refractivity contribution in [3.8, 4) is 5.75 Å². The van der Waals surface area contributed by atoms with Crippen molar-refractivity contribution in [2.24, 2.45) is 16.5 Å². The molecule has 23 heavy (non-hydrogen) atoms. The lowest BCUT2D eigenvalue weighted by atomic mass is 9.91. The van der Waals surface area contributed by atoms with Crippen LogP contribution in [0.3, 0.4) is 0 Å². The van der Waals surface area contributed by atoms with E-state index in [-0.39, 0.29) is 11.8 Å². The predicted molar refractivity (Wildman–Crippen MR) is 86.7 cm³/mol. The third-order valence-electron chi connectivity index (χ3n) is 3.41. The van der Waals surface area contributed by atoms with Crippen LogP contribution < -0.4 is 16.2 Å². The molecule has 2 aromatic carbocycles. The van der Waals surface area contributed by atoms with Gasteiger partial charge in [-0.2, -0.15) is 4.99 Å². The Hall–Kier alpha value is -2.89. The zero-order chi connectivity index (χ0) is 16.8. The highest BCUT2D eigenvalue weighted by atomic mass is 19.1. The molecule has 1 unspecified atom stereocenters. The van der Waals surface area contributed by atoms with Crippen molar-refractivity contribution in [1.82, 2.24) is 0 Å².